The van der Waals surface area contributed by atoms with Crippen LogP contribution in [0, 0.1) is 0 Å². The van der Waals surface area contributed by atoms with E-state index in [2.05, 4.69) is 52.1 Å². The Bertz CT molecular complexity index is 556. The zero-order valence-corrected chi connectivity index (χ0v) is 14.3. The molecular formula is C18H22BrNO. The molecule has 1 atom stereocenters. The van der Waals surface area contributed by atoms with Crippen LogP contribution in [-0.2, 0) is 6.42 Å². The summed E-state index contributed by atoms with van der Waals surface area (Å²) in [5, 5.41) is 0. The zero-order valence-electron chi connectivity index (χ0n) is 12.7. The predicted molar refractivity (Wildman–Crippen MR) is 90.9 cm³/mol. The number of aryl methyl sites for hydroxylation is 1. The molecule has 0 saturated carbocycles. The number of rotatable bonds is 7. The molecule has 112 valence electrons. The Balaban J connectivity index is 1.81. The van der Waals surface area contributed by atoms with Gasteiger partial charge in [-0.3, -0.25) is 4.98 Å². The van der Waals surface area contributed by atoms with Gasteiger partial charge in [0, 0.05) is 16.9 Å². The van der Waals surface area contributed by atoms with E-state index in [0.29, 0.717) is 5.92 Å². The largest absolute Gasteiger partial charge is 0.497 e. The maximum atomic E-state index is 5.33. The Morgan fingerprint density at radius 2 is 1.90 bits per heavy atom. The molecule has 0 N–H and O–H groups in total. The third-order valence-electron chi connectivity index (χ3n) is 3.80. The lowest BCUT2D eigenvalue weighted by Crippen LogP contribution is -1.96. The van der Waals surface area contributed by atoms with Gasteiger partial charge in [0.05, 0.1) is 7.11 Å². The van der Waals surface area contributed by atoms with Gasteiger partial charge in [-0.2, -0.15) is 0 Å². The van der Waals surface area contributed by atoms with Crippen molar-refractivity contribution in [2.75, 3.05) is 7.11 Å². The summed E-state index contributed by atoms with van der Waals surface area (Å²) in [6, 6.07) is 10.5. The molecule has 0 saturated heterocycles. The molecule has 2 aromatic rings. The summed E-state index contributed by atoms with van der Waals surface area (Å²) < 4.78 is 6.42. The standard InChI is InChI=1S/C18H22BrNO/c1-14(16-11-17(19)13-18(12-16)21-2)5-3-4-6-15-7-9-20-10-8-15/h7-14H,3-6H2,1-2H3. The van der Waals surface area contributed by atoms with Gasteiger partial charge in [-0.25, -0.2) is 0 Å². The minimum atomic E-state index is 0.550. The number of halogens is 1. The summed E-state index contributed by atoms with van der Waals surface area (Å²) >= 11 is 3.55. The molecule has 3 heteroatoms. The fraction of sp³-hybridized carbons (Fsp3) is 0.389. The van der Waals surface area contributed by atoms with E-state index in [-0.39, 0.29) is 0 Å². The summed E-state index contributed by atoms with van der Waals surface area (Å²) in [7, 11) is 1.71. The van der Waals surface area contributed by atoms with Gasteiger partial charge in [0.15, 0.2) is 0 Å². The normalized spacial score (nSPS) is 12.1. The van der Waals surface area contributed by atoms with Crippen LogP contribution in [0.2, 0.25) is 0 Å². The lowest BCUT2D eigenvalue weighted by molar-refractivity contribution is 0.413. The molecule has 0 fully saturated rings. The van der Waals surface area contributed by atoms with Gasteiger partial charge in [-0.1, -0.05) is 29.3 Å². The van der Waals surface area contributed by atoms with Gasteiger partial charge >= 0.3 is 0 Å². The highest BCUT2D eigenvalue weighted by Gasteiger charge is 2.08. The van der Waals surface area contributed by atoms with E-state index in [1.165, 1.54) is 30.4 Å². The third-order valence-corrected chi connectivity index (χ3v) is 4.26. The van der Waals surface area contributed by atoms with E-state index in [0.717, 1.165) is 16.6 Å². The Labute approximate surface area is 135 Å². The van der Waals surface area contributed by atoms with Crippen LogP contribution in [0.1, 0.15) is 43.2 Å². The number of unbranched alkanes of at least 4 members (excludes halogenated alkanes) is 1. The summed E-state index contributed by atoms with van der Waals surface area (Å²) in [6.07, 6.45) is 8.52. The van der Waals surface area contributed by atoms with Crippen molar-refractivity contribution >= 4 is 15.9 Å². The minimum Gasteiger partial charge on any atom is -0.497 e. The molecule has 1 aromatic carbocycles. The highest BCUT2D eigenvalue weighted by Crippen LogP contribution is 2.29. The first-order valence-electron chi connectivity index (χ1n) is 7.42. The van der Waals surface area contributed by atoms with E-state index in [1.807, 2.05) is 18.5 Å². The Hall–Kier alpha value is -1.35. The first-order chi connectivity index (χ1) is 10.2. The molecule has 0 aliphatic rings. The quantitative estimate of drug-likeness (QED) is 0.628. The van der Waals surface area contributed by atoms with E-state index >= 15 is 0 Å². The van der Waals surface area contributed by atoms with Crippen LogP contribution in [-0.4, -0.2) is 12.1 Å². The summed E-state index contributed by atoms with van der Waals surface area (Å²) in [5.41, 5.74) is 2.71. The first kappa shape index (κ1) is 16.0. The molecule has 0 bridgehead atoms. The van der Waals surface area contributed by atoms with Crippen LogP contribution < -0.4 is 4.74 Å². The lowest BCUT2D eigenvalue weighted by atomic mass is 9.94. The fourth-order valence-corrected chi connectivity index (χ4v) is 2.97. The number of hydrogen-bond donors (Lipinski definition) is 0. The number of benzene rings is 1. The second-order valence-corrected chi connectivity index (χ2v) is 6.34. The van der Waals surface area contributed by atoms with Gasteiger partial charge in [-0.05, 0) is 66.6 Å². The second kappa shape index (κ2) is 8.18. The van der Waals surface area contributed by atoms with E-state index in [9.17, 15) is 0 Å². The molecule has 21 heavy (non-hydrogen) atoms. The van der Waals surface area contributed by atoms with Gasteiger partial charge in [0.1, 0.15) is 5.75 Å². The fourth-order valence-electron chi connectivity index (χ4n) is 2.48. The maximum absolute atomic E-state index is 5.33. The summed E-state index contributed by atoms with van der Waals surface area (Å²) in [6.45, 7) is 2.29. The van der Waals surface area contributed by atoms with Gasteiger partial charge in [-0.15, -0.1) is 0 Å². The molecule has 0 aliphatic carbocycles. The van der Waals surface area contributed by atoms with Crippen LogP contribution in [0.15, 0.2) is 47.2 Å². The van der Waals surface area contributed by atoms with Crippen molar-refractivity contribution in [3.8, 4) is 5.75 Å². The Morgan fingerprint density at radius 3 is 2.62 bits per heavy atom. The Kier molecular flexibility index (Phi) is 6.24. The molecule has 1 aromatic heterocycles. The van der Waals surface area contributed by atoms with Crippen molar-refractivity contribution in [1.29, 1.82) is 0 Å². The first-order valence-corrected chi connectivity index (χ1v) is 8.21. The lowest BCUT2D eigenvalue weighted by Gasteiger charge is -2.14. The predicted octanol–water partition coefficient (Wildman–Crippen LogP) is 5.37. The minimum absolute atomic E-state index is 0.550. The maximum Gasteiger partial charge on any atom is 0.120 e. The van der Waals surface area contributed by atoms with Crippen LogP contribution in [0.4, 0.5) is 0 Å². The van der Waals surface area contributed by atoms with Crippen molar-refractivity contribution in [2.24, 2.45) is 0 Å². The number of pyridine rings is 1. The number of hydrogen-bond acceptors (Lipinski definition) is 2. The van der Waals surface area contributed by atoms with Crippen molar-refractivity contribution < 1.29 is 4.74 Å². The number of aromatic nitrogens is 1. The van der Waals surface area contributed by atoms with E-state index in [4.69, 9.17) is 4.74 Å². The number of ether oxygens (including phenoxy) is 1. The van der Waals surface area contributed by atoms with Gasteiger partial charge in [0.25, 0.3) is 0 Å². The molecule has 1 unspecified atom stereocenters. The zero-order chi connectivity index (χ0) is 15.1. The van der Waals surface area contributed by atoms with Crippen LogP contribution in [0.25, 0.3) is 0 Å². The average Bonchev–Trinajstić information content (AvgIpc) is 2.51. The molecule has 0 spiro atoms. The summed E-state index contributed by atoms with van der Waals surface area (Å²) in [5.74, 6) is 1.47. The van der Waals surface area contributed by atoms with Crippen molar-refractivity contribution in [3.63, 3.8) is 0 Å². The Morgan fingerprint density at radius 1 is 1.14 bits per heavy atom. The van der Waals surface area contributed by atoms with Crippen molar-refractivity contribution in [1.82, 2.24) is 4.98 Å². The summed E-state index contributed by atoms with van der Waals surface area (Å²) in [4.78, 5) is 4.05. The van der Waals surface area contributed by atoms with Crippen LogP contribution >= 0.6 is 15.9 Å². The molecule has 0 aliphatic heterocycles. The molecule has 0 amide bonds. The third kappa shape index (κ3) is 5.16. The van der Waals surface area contributed by atoms with Gasteiger partial charge < -0.3 is 4.74 Å². The average molecular weight is 348 g/mol. The molecular weight excluding hydrogens is 326 g/mol. The van der Waals surface area contributed by atoms with Crippen LogP contribution in [0.5, 0.6) is 5.75 Å². The molecule has 1 heterocycles. The highest BCUT2D eigenvalue weighted by atomic mass is 79.9. The van der Waals surface area contributed by atoms with E-state index < -0.39 is 0 Å². The second-order valence-electron chi connectivity index (χ2n) is 5.43. The van der Waals surface area contributed by atoms with Crippen molar-refractivity contribution in [3.05, 3.63) is 58.3 Å². The van der Waals surface area contributed by atoms with Crippen LogP contribution in [0.3, 0.4) is 0 Å². The topological polar surface area (TPSA) is 22.1 Å². The molecule has 0 radical (unpaired) electrons. The number of methoxy groups -OCH3 is 1. The van der Waals surface area contributed by atoms with E-state index in [1.54, 1.807) is 7.11 Å². The molecule has 2 rings (SSSR count). The van der Waals surface area contributed by atoms with Crippen molar-refractivity contribution in [2.45, 2.75) is 38.5 Å². The SMILES string of the molecule is COc1cc(Br)cc(C(C)CCCCc2ccncc2)c1. The smallest absolute Gasteiger partial charge is 0.120 e. The monoisotopic (exact) mass is 347 g/mol. The van der Waals surface area contributed by atoms with Gasteiger partial charge in [0.2, 0.25) is 0 Å². The number of nitrogens with zero attached hydrogens (tertiary/aromatic N) is 1. The highest BCUT2D eigenvalue weighted by molar-refractivity contribution is 9.10. The molecule has 2 nitrogen and oxygen atoms in total.